The molecule has 0 aliphatic heterocycles. The first-order chi connectivity index (χ1) is 14.0. The molecule has 3 rings (SSSR count). The van der Waals surface area contributed by atoms with Gasteiger partial charge in [-0.15, -0.1) is 11.3 Å². The lowest BCUT2D eigenvalue weighted by Gasteiger charge is -2.17. The Labute approximate surface area is 175 Å². The fraction of sp³-hybridized carbons (Fsp3) is 0.261. The van der Waals surface area contributed by atoms with Crippen molar-refractivity contribution in [3.63, 3.8) is 0 Å². The Bertz CT molecular complexity index is 969. The van der Waals surface area contributed by atoms with Crippen LogP contribution in [-0.2, 0) is 4.79 Å². The number of ether oxygens (including phenoxy) is 2. The quantitative estimate of drug-likeness (QED) is 0.548. The summed E-state index contributed by atoms with van der Waals surface area (Å²) in [5.74, 6) is 0.828. The van der Waals surface area contributed by atoms with Crippen molar-refractivity contribution in [3.05, 3.63) is 59.5 Å². The lowest BCUT2D eigenvalue weighted by Crippen LogP contribution is -2.29. The Kier molecular flexibility index (Phi) is 6.90. The third kappa shape index (κ3) is 5.37. The summed E-state index contributed by atoms with van der Waals surface area (Å²) in [5.41, 5.74) is 4.35. The lowest BCUT2D eigenvalue weighted by molar-refractivity contribution is -0.138. The van der Waals surface area contributed by atoms with Crippen LogP contribution in [0, 0.1) is 6.92 Å². The molecule has 1 N–H and O–H groups in total. The highest BCUT2D eigenvalue weighted by molar-refractivity contribution is 7.13. The van der Waals surface area contributed by atoms with Crippen molar-refractivity contribution in [3.8, 4) is 33.1 Å². The fourth-order valence-corrected chi connectivity index (χ4v) is 3.89. The average Bonchev–Trinajstić information content (AvgIpc) is 3.22. The van der Waals surface area contributed by atoms with Gasteiger partial charge in [-0.1, -0.05) is 18.2 Å². The normalized spacial score (nSPS) is 10.9. The van der Waals surface area contributed by atoms with Crippen molar-refractivity contribution < 1.29 is 19.4 Å². The van der Waals surface area contributed by atoms with E-state index in [1.54, 1.807) is 30.4 Å². The first-order valence-corrected chi connectivity index (χ1v) is 10.2. The maximum Gasteiger partial charge on any atom is 0.317 e. The van der Waals surface area contributed by atoms with Crippen LogP contribution < -0.4 is 9.47 Å². The molecule has 0 bridgehead atoms. The molecule has 0 atom stereocenters. The van der Waals surface area contributed by atoms with Gasteiger partial charge in [0.1, 0.15) is 18.1 Å². The van der Waals surface area contributed by atoms with Crippen molar-refractivity contribution in [2.75, 3.05) is 33.9 Å². The minimum atomic E-state index is -0.842. The number of carbonyl (C=O) groups is 1. The number of rotatable bonds is 9. The zero-order chi connectivity index (χ0) is 20.8. The van der Waals surface area contributed by atoms with Gasteiger partial charge in [0.05, 0.1) is 13.7 Å². The number of hydrogen-bond acceptors (Lipinski definition) is 5. The van der Waals surface area contributed by atoms with Gasteiger partial charge in [-0.3, -0.25) is 9.69 Å². The number of carboxylic acids is 1. The first-order valence-electron chi connectivity index (χ1n) is 9.34. The van der Waals surface area contributed by atoms with Crippen molar-refractivity contribution >= 4 is 17.3 Å². The Morgan fingerprint density at radius 3 is 2.45 bits per heavy atom. The fourth-order valence-electron chi connectivity index (χ4n) is 3.14. The molecule has 0 aliphatic rings. The van der Waals surface area contributed by atoms with Gasteiger partial charge in [0.2, 0.25) is 0 Å². The van der Waals surface area contributed by atoms with E-state index in [-0.39, 0.29) is 6.54 Å². The molecule has 0 aliphatic carbocycles. The molecule has 1 heterocycles. The molecule has 152 valence electrons. The van der Waals surface area contributed by atoms with E-state index in [1.807, 2.05) is 30.5 Å². The number of methoxy groups -OCH3 is 1. The van der Waals surface area contributed by atoms with Gasteiger partial charge in [-0.25, -0.2) is 0 Å². The van der Waals surface area contributed by atoms with Gasteiger partial charge in [0.15, 0.2) is 0 Å². The van der Waals surface area contributed by atoms with Crippen molar-refractivity contribution in [1.82, 2.24) is 4.90 Å². The Hall–Kier alpha value is -2.83. The Morgan fingerprint density at radius 2 is 1.83 bits per heavy atom. The second-order valence-corrected chi connectivity index (χ2v) is 7.80. The van der Waals surface area contributed by atoms with E-state index in [2.05, 4.69) is 30.3 Å². The zero-order valence-corrected chi connectivity index (χ0v) is 17.7. The largest absolute Gasteiger partial charge is 0.496 e. The van der Waals surface area contributed by atoms with Crippen LogP contribution in [0.1, 0.15) is 5.56 Å². The summed E-state index contributed by atoms with van der Waals surface area (Å²) in [6, 6.07) is 16.4. The van der Waals surface area contributed by atoms with E-state index in [0.717, 1.165) is 38.6 Å². The van der Waals surface area contributed by atoms with Crippen LogP contribution in [0.15, 0.2) is 53.9 Å². The highest BCUT2D eigenvalue weighted by Crippen LogP contribution is 2.37. The Balaban J connectivity index is 1.84. The molecule has 0 saturated carbocycles. The van der Waals surface area contributed by atoms with E-state index in [1.165, 1.54) is 0 Å². The standard InChI is InChI=1S/C23H25NO4S/c1-16-13-17(6-8-20(16)27-3)18-7-9-21(19(14-18)22-5-4-12-29-22)28-11-10-24(2)15-23(25)26/h4-9,12-14H,10-11,15H2,1-3H3,(H,25,26). The predicted molar refractivity (Wildman–Crippen MR) is 117 cm³/mol. The third-order valence-electron chi connectivity index (χ3n) is 4.63. The molecule has 0 radical (unpaired) electrons. The van der Waals surface area contributed by atoms with Crippen LogP contribution in [0.4, 0.5) is 0 Å². The number of aliphatic carboxylic acids is 1. The van der Waals surface area contributed by atoms with E-state index in [9.17, 15) is 4.79 Å². The van der Waals surface area contributed by atoms with Crippen LogP contribution in [0.2, 0.25) is 0 Å². The van der Waals surface area contributed by atoms with Crippen molar-refractivity contribution in [1.29, 1.82) is 0 Å². The van der Waals surface area contributed by atoms with Crippen molar-refractivity contribution in [2.24, 2.45) is 0 Å². The number of benzene rings is 2. The maximum absolute atomic E-state index is 10.8. The van der Waals surface area contributed by atoms with Crippen LogP contribution in [0.25, 0.3) is 21.6 Å². The molecule has 1 aromatic heterocycles. The van der Waals surface area contributed by atoms with Gasteiger partial charge >= 0.3 is 5.97 Å². The number of nitrogens with zero attached hydrogens (tertiary/aromatic N) is 1. The molecule has 2 aromatic carbocycles. The van der Waals surface area contributed by atoms with Gasteiger partial charge in [0, 0.05) is 17.0 Å². The monoisotopic (exact) mass is 411 g/mol. The van der Waals surface area contributed by atoms with E-state index in [4.69, 9.17) is 14.6 Å². The van der Waals surface area contributed by atoms with E-state index in [0.29, 0.717) is 13.2 Å². The number of thiophene rings is 1. The van der Waals surface area contributed by atoms with E-state index < -0.39 is 5.97 Å². The predicted octanol–water partition coefficient (Wildman–Crippen LogP) is 4.79. The minimum absolute atomic E-state index is 0.00308. The van der Waals surface area contributed by atoms with Gasteiger partial charge in [-0.2, -0.15) is 0 Å². The Morgan fingerprint density at radius 1 is 1.10 bits per heavy atom. The molecular weight excluding hydrogens is 386 g/mol. The van der Waals surface area contributed by atoms with Crippen molar-refractivity contribution in [2.45, 2.75) is 6.92 Å². The molecule has 0 saturated heterocycles. The summed E-state index contributed by atoms with van der Waals surface area (Å²) < 4.78 is 11.4. The first kappa shape index (κ1) is 20.9. The van der Waals surface area contributed by atoms with Gasteiger partial charge in [0.25, 0.3) is 0 Å². The highest BCUT2D eigenvalue weighted by Gasteiger charge is 2.12. The number of carboxylic acid groups (broad SMARTS) is 1. The molecule has 29 heavy (non-hydrogen) atoms. The van der Waals surface area contributed by atoms with E-state index >= 15 is 0 Å². The zero-order valence-electron chi connectivity index (χ0n) is 16.8. The highest BCUT2D eigenvalue weighted by atomic mass is 32.1. The molecule has 0 amide bonds. The summed E-state index contributed by atoms with van der Waals surface area (Å²) in [6.45, 7) is 2.99. The number of likely N-dealkylation sites (N-methyl/N-ethyl adjacent to an activating group) is 1. The topological polar surface area (TPSA) is 59.0 Å². The lowest BCUT2D eigenvalue weighted by atomic mass is 10.00. The molecule has 0 unspecified atom stereocenters. The summed E-state index contributed by atoms with van der Waals surface area (Å²) in [5, 5.41) is 10.9. The summed E-state index contributed by atoms with van der Waals surface area (Å²) in [7, 11) is 3.45. The maximum atomic E-state index is 10.8. The summed E-state index contributed by atoms with van der Waals surface area (Å²) in [6.07, 6.45) is 0. The van der Waals surface area contributed by atoms with Crippen LogP contribution in [0.5, 0.6) is 11.5 Å². The molecular formula is C23H25NO4S. The molecule has 0 spiro atoms. The second-order valence-electron chi connectivity index (χ2n) is 6.85. The molecule has 0 fully saturated rings. The SMILES string of the molecule is COc1ccc(-c2ccc(OCCN(C)CC(=O)O)c(-c3cccs3)c2)cc1C. The number of aryl methyl sites for hydroxylation is 1. The molecule has 3 aromatic rings. The smallest absolute Gasteiger partial charge is 0.317 e. The summed E-state index contributed by atoms with van der Waals surface area (Å²) in [4.78, 5) is 13.7. The van der Waals surface area contributed by atoms with Crippen LogP contribution in [0.3, 0.4) is 0 Å². The van der Waals surface area contributed by atoms with Gasteiger partial charge < -0.3 is 14.6 Å². The van der Waals surface area contributed by atoms with Crippen LogP contribution in [-0.4, -0.2) is 49.8 Å². The third-order valence-corrected chi connectivity index (χ3v) is 5.53. The minimum Gasteiger partial charge on any atom is -0.496 e. The summed E-state index contributed by atoms with van der Waals surface area (Å²) >= 11 is 1.66. The molecule has 6 heteroatoms. The number of hydrogen-bond donors (Lipinski definition) is 1. The van der Waals surface area contributed by atoms with Crippen LogP contribution >= 0.6 is 11.3 Å². The molecule has 5 nitrogen and oxygen atoms in total. The second kappa shape index (κ2) is 9.58. The van der Waals surface area contributed by atoms with Gasteiger partial charge in [-0.05, 0) is 66.4 Å². The average molecular weight is 412 g/mol.